The Balaban J connectivity index is 1.16. The topological polar surface area (TPSA) is 69.7 Å². The largest absolute Gasteiger partial charge is 0.493 e. The van der Waals surface area contributed by atoms with Crippen LogP contribution in [0.25, 0.3) is 0 Å². The highest BCUT2D eigenvalue weighted by Crippen LogP contribution is 2.56. The molecule has 8 heteroatoms. The molecule has 0 amide bonds. The summed E-state index contributed by atoms with van der Waals surface area (Å²) in [7, 11) is -0.426. The van der Waals surface area contributed by atoms with Crippen LogP contribution in [0.3, 0.4) is 0 Å². The van der Waals surface area contributed by atoms with Crippen LogP contribution in [0.2, 0.25) is 23.2 Å². The second kappa shape index (κ2) is 13.4. The van der Waals surface area contributed by atoms with Crippen LogP contribution in [0.1, 0.15) is 94.7 Å². The smallest absolute Gasteiger partial charge is 0.331 e. The third kappa shape index (κ3) is 6.67. The minimum absolute atomic E-state index is 0.0185. The molecule has 1 unspecified atom stereocenters. The number of aromatic nitrogens is 1. The highest BCUT2D eigenvalue weighted by molar-refractivity contribution is 6.74. The molecule has 48 heavy (non-hydrogen) atoms. The average Bonchev–Trinajstić information content (AvgIpc) is 3.58. The van der Waals surface area contributed by atoms with Gasteiger partial charge in [0.2, 0.25) is 0 Å². The Kier molecular flexibility index (Phi) is 9.80. The molecule has 6 nitrogen and oxygen atoms in total. The van der Waals surface area contributed by atoms with E-state index in [0.29, 0.717) is 36.3 Å². The summed E-state index contributed by atoms with van der Waals surface area (Å²) in [5, 5.41) is 4.36. The van der Waals surface area contributed by atoms with E-state index in [4.69, 9.17) is 30.5 Å². The standard InChI is InChI=1S/C40H53ClN2O4Si/c1-27(26-46-34-17-22-42-36-32(34)15-16-35(36)47-48(6,7)38(2,3)4)23-29-24-28-11-8-9-14-33(28)39(29)18-20-40(21-19-39,37(44)45-5)43-31-13-10-12-30(41)25-31/h8-14,17,22,25,27,29,35,43H,15-16,18-21,23-24,26H2,1-7H3/t27-,29+,35?,39?,40?/m1/s1. The molecule has 1 heterocycles. The third-order valence-corrected chi connectivity index (χ3v) is 16.8. The molecule has 1 fully saturated rings. The molecule has 1 N–H and O–H groups in total. The Hall–Kier alpha value is -2.87. The molecule has 0 aliphatic heterocycles. The molecule has 6 rings (SSSR count). The van der Waals surface area contributed by atoms with E-state index in [2.05, 4.69) is 70.4 Å². The molecule has 0 saturated heterocycles. The second-order valence-electron chi connectivity index (χ2n) is 16.2. The average molecular weight is 689 g/mol. The van der Waals surface area contributed by atoms with Crippen molar-refractivity contribution in [3.8, 4) is 5.75 Å². The number of pyridine rings is 1. The number of carbonyl (C=O) groups excluding carboxylic acids is 1. The van der Waals surface area contributed by atoms with Crippen molar-refractivity contribution in [3.05, 3.63) is 88.2 Å². The summed E-state index contributed by atoms with van der Waals surface area (Å²) in [4.78, 5) is 18.2. The van der Waals surface area contributed by atoms with Crippen molar-refractivity contribution in [1.82, 2.24) is 4.98 Å². The zero-order valence-electron chi connectivity index (χ0n) is 29.8. The number of rotatable bonds is 10. The molecule has 1 aromatic heterocycles. The van der Waals surface area contributed by atoms with Crippen LogP contribution in [-0.4, -0.2) is 38.5 Å². The number of ether oxygens (including phenoxy) is 2. The predicted octanol–water partition coefficient (Wildman–Crippen LogP) is 9.86. The normalized spacial score (nSPS) is 25.8. The molecule has 0 radical (unpaired) electrons. The lowest BCUT2D eigenvalue weighted by atomic mass is 9.59. The minimum Gasteiger partial charge on any atom is -0.493 e. The van der Waals surface area contributed by atoms with Crippen LogP contribution in [0.5, 0.6) is 5.75 Å². The summed E-state index contributed by atoms with van der Waals surface area (Å²) in [6, 6.07) is 18.6. The molecule has 1 spiro atoms. The number of anilines is 1. The number of nitrogens with one attached hydrogen (secondary N) is 1. The predicted molar refractivity (Wildman–Crippen MR) is 196 cm³/mol. The van der Waals surface area contributed by atoms with Gasteiger partial charge in [0.1, 0.15) is 11.3 Å². The van der Waals surface area contributed by atoms with Gasteiger partial charge in [-0.25, -0.2) is 4.79 Å². The molecule has 3 aromatic rings. The van der Waals surface area contributed by atoms with Crippen molar-refractivity contribution < 1.29 is 18.7 Å². The zero-order valence-corrected chi connectivity index (χ0v) is 31.6. The van der Waals surface area contributed by atoms with Crippen LogP contribution < -0.4 is 10.1 Å². The summed E-state index contributed by atoms with van der Waals surface area (Å²) < 4.78 is 18.8. The lowest BCUT2D eigenvalue weighted by molar-refractivity contribution is -0.148. The van der Waals surface area contributed by atoms with E-state index in [1.807, 2.05) is 36.5 Å². The Morgan fingerprint density at radius 1 is 1.08 bits per heavy atom. The number of esters is 1. The summed E-state index contributed by atoms with van der Waals surface area (Å²) in [6.07, 6.45) is 9.20. The Morgan fingerprint density at radius 3 is 2.54 bits per heavy atom. The Morgan fingerprint density at radius 2 is 1.83 bits per heavy atom. The van der Waals surface area contributed by atoms with Crippen molar-refractivity contribution in [1.29, 1.82) is 0 Å². The molecule has 0 bridgehead atoms. The van der Waals surface area contributed by atoms with Crippen molar-refractivity contribution in [2.24, 2.45) is 11.8 Å². The Bertz CT molecular complexity index is 1630. The molecule has 3 aliphatic carbocycles. The van der Waals surface area contributed by atoms with Crippen LogP contribution in [0.4, 0.5) is 5.69 Å². The maximum absolute atomic E-state index is 13.4. The van der Waals surface area contributed by atoms with Crippen molar-refractivity contribution in [2.75, 3.05) is 19.0 Å². The lowest BCUT2D eigenvalue weighted by Gasteiger charge is -2.47. The number of fused-ring (bicyclic) bond motifs is 3. The SMILES string of the molecule is COC(=O)C1(Nc2cccc(Cl)c2)CCC2(CC1)c1ccccc1C[C@@H]2C[C@@H](C)COc1ccnc2c1CCC2O[Si](C)(C)C(C)(C)C. The van der Waals surface area contributed by atoms with Gasteiger partial charge in [0, 0.05) is 22.5 Å². The molecule has 3 atom stereocenters. The van der Waals surface area contributed by atoms with E-state index < -0.39 is 13.9 Å². The van der Waals surface area contributed by atoms with Gasteiger partial charge >= 0.3 is 5.97 Å². The van der Waals surface area contributed by atoms with E-state index in [0.717, 1.165) is 55.7 Å². The number of nitrogens with zero attached hydrogens (tertiary/aromatic N) is 1. The number of hydrogen-bond donors (Lipinski definition) is 1. The van der Waals surface area contributed by atoms with Gasteiger partial charge in [-0.1, -0.05) is 69.6 Å². The molecule has 3 aliphatic rings. The molecule has 258 valence electrons. The summed E-state index contributed by atoms with van der Waals surface area (Å²) in [5.41, 5.74) is 5.28. The Labute approximate surface area is 293 Å². The van der Waals surface area contributed by atoms with Gasteiger partial charge in [0.05, 0.1) is 25.5 Å². The van der Waals surface area contributed by atoms with E-state index >= 15 is 0 Å². The first-order chi connectivity index (χ1) is 22.8. The highest BCUT2D eigenvalue weighted by Gasteiger charge is 2.54. The van der Waals surface area contributed by atoms with Crippen molar-refractivity contribution in [2.45, 2.75) is 114 Å². The van der Waals surface area contributed by atoms with Gasteiger partial charge in [-0.3, -0.25) is 4.98 Å². The van der Waals surface area contributed by atoms with Crippen molar-refractivity contribution >= 4 is 31.6 Å². The second-order valence-corrected chi connectivity index (χ2v) is 21.3. The number of halogens is 1. The van der Waals surface area contributed by atoms with Gasteiger partial charge < -0.3 is 19.2 Å². The van der Waals surface area contributed by atoms with Gasteiger partial charge in [0.15, 0.2) is 8.32 Å². The zero-order chi connectivity index (χ0) is 34.3. The lowest BCUT2D eigenvalue weighted by Crippen LogP contribution is -2.53. The fraction of sp³-hybridized carbons (Fsp3) is 0.550. The molecule has 1 saturated carbocycles. The minimum atomic E-state index is -1.92. The summed E-state index contributed by atoms with van der Waals surface area (Å²) >= 11 is 6.31. The maximum atomic E-state index is 13.4. The summed E-state index contributed by atoms with van der Waals surface area (Å²) in [5.74, 6) is 1.59. The first kappa shape index (κ1) is 35.0. The fourth-order valence-corrected chi connectivity index (χ4v) is 9.88. The van der Waals surface area contributed by atoms with Crippen LogP contribution in [-0.2, 0) is 32.2 Å². The molecular weight excluding hydrogens is 636 g/mol. The quantitative estimate of drug-likeness (QED) is 0.169. The van der Waals surface area contributed by atoms with Gasteiger partial charge in [-0.05, 0) is 122 Å². The maximum Gasteiger partial charge on any atom is 0.331 e. The van der Waals surface area contributed by atoms with Gasteiger partial charge in [-0.2, -0.15) is 0 Å². The number of benzene rings is 2. The monoisotopic (exact) mass is 688 g/mol. The highest BCUT2D eigenvalue weighted by atomic mass is 35.5. The van der Waals surface area contributed by atoms with E-state index in [1.54, 1.807) is 0 Å². The molecular formula is C40H53ClN2O4Si. The van der Waals surface area contributed by atoms with Crippen molar-refractivity contribution in [3.63, 3.8) is 0 Å². The third-order valence-electron chi connectivity index (χ3n) is 12.0. The van der Waals surface area contributed by atoms with Crippen LogP contribution in [0.15, 0.2) is 60.8 Å². The summed E-state index contributed by atoms with van der Waals surface area (Å²) in [6.45, 7) is 14.5. The van der Waals surface area contributed by atoms with Crippen LogP contribution in [0, 0.1) is 11.8 Å². The van der Waals surface area contributed by atoms with E-state index in [-0.39, 0.29) is 22.5 Å². The first-order valence-electron chi connectivity index (χ1n) is 17.8. The first-order valence-corrected chi connectivity index (χ1v) is 21.0. The number of methoxy groups -OCH3 is 1. The van der Waals surface area contributed by atoms with Gasteiger partial charge in [0.25, 0.3) is 0 Å². The van der Waals surface area contributed by atoms with Gasteiger partial charge in [-0.15, -0.1) is 0 Å². The number of carbonyl (C=O) groups is 1. The number of hydrogen-bond acceptors (Lipinski definition) is 6. The molecule has 2 aromatic carbocycles. The van der Waals surface area contributed by atoms with E-state index in [1.165, 1.54) is 23.8 Å². The fourth-order valence-electron chi connectivity index (χ4n) is 8.39. The van der Waals surface area contributed by atoms with Crippen LogP contribution >= 0.6 is 11.6 Å². The van der Waals surface area contributed by atoms with E-state index in [9.17, 15) is 4.79 Å².